The summed E-state index contributed by atoms with van der Waals surface area (Å²) < 4.78 is 1.37. The number of carbonyl (C=O) groups excluding carboxylic acids is 1. The van der Waals surface area contributed by atoms with Crippen LogP contribution in [-0.4, -0.2) is 5.91 Å². The molecule has 0 aliphatic heterocycles. The zero-order valence-corrected chi connectivity index (χ0v) is 8.78. The minimum atomic E-state index is 0.161. The van der Waals surface area contributed by atoms with E-state index in [1.807, 2.05) is 0 Å². The van der Waals surface area contributed by atoms with E-state index >= 15 is 0 Å². The van der Waals surface area contributed by atoms with E-state index in [-0.39, 0.29) is 5.91 Å². The fraction of sp³-hybridized carbons (Fsp3) is 0.889. The van der Waals surface area contributed by atoms with Gasteiger partial charge in [0.1, 0.15) is 0 Å². The maximum absolute atomic E-state index is 10.8. The molecule has 0 saturated heterocycles. The average molecular weight is 190 g/mol. The highest BCUT2D eigenvalue weighted by molar-refractivity contribution is 7.73. The van der Waals surface area contributed by atoms with Crippen LogP contribution in [0.4, 0.5) is 0 Å². The third-order valence-electron chi connectivity index (χ3n) is 1.92. The summed E-state index contributed by atoms with van der Waals surface area (Å²) in [5.74, 6) is 0.161. The van der Waals surface area contributed by atoms with Gasteiger partial charge < -0.3 is 0 Å². The largest absolute Gasteiger partial charge is 0.321 e. The Morgan fingerprint density at radius 1 is 1.17 bits per heavy atom. The molecule has 0 aromatic heterocycles. The molecule has 0 aliphatic rings. The fourth-order valence-electron chi connectivity index (χ4n) is 1.14. The molecular weight excluding hydrogens is 170 g/mol. The van der Waals surface area contributed by atoms with E-state index in [0.717, 1.165) is 6.42 Å². The summed E-state index contributed by atoms with van der Waals surface area (Å²) in [7, 11) is 0. The Labute approximate surface area is 80.7 Å². The predicted molar refractivity (Wildman–Crippen MR) is 53.9 cm³/mol. The van der Waals surface area contributed by atoms with Gasteiger partial charge in [0.2, 0.25) is 0 Å². The van der Waals surface area contributed by atoms with Gasteiger partial charge in [0.05, 0.1) is 19.2 Å². The second-order valence-corrected chi connectivity index (χ2v) is 3.37. The van der Waals surface area contributed by atoms with E-state index in [4.69, 9.17) is 0 Å². The molecule has 72 valence electrons. The minimum absolute atomic E-state index is 0.161. The van der Waals surface area contributed by atoms with Crippen LogP contribution < -0.4 is 4.72 Å². The molecule has 0 heterocycles. The molecule has 3 heteroatoms. The highest BCUT2D eigenvalue weighted by atomic mass is 32.1. The lowest BCUT2D eigenvalue weighted by atomic mass is 10.1. The van der Waals surface area contributed by atoms with Crippen LogP contribution >= 0.6 is 12.8 Å². The van der Waals surface area contributed by atoms with Crippen LogP contribution in [0.25, 0.3) is 0 Å². The number of carbonyl (C=O) groups is 1. The van der Waals surface area contributed by atoms with Gasteiger partial charge in [-0.15, -0.1) is 0 Å². The van der Waals surface area contributed by atoms with E-state index < -0.39 is 0 Å². The lowest BCUT2D eigenvalue weighted by Gasteiger charge is -1.97. The Hall–Kier alpha value is -0.0200. The second-order valence-electron chi connectivity index (χ2n) is 3.11. The summed E-state index contributed by atoms with van der Waals surface area (Å²) in [5.41, 5.74) is 0. The molecule has 0 rings (SSSR count). The summed E-state index contributed by atoms with van der Waals surface area (Å²) in [5, 5.41) is 0. The molecule has 2 N–H and O–H groups in total. The van der Waals surface area contributed by atoms with Gasteiger partial charge in [0, 0.05) is 0 Å². The summed E-state index contributed by atoms with van der Waals surface area (Å²) in [6.45, 7) is 2.21. The zero-order valence-electron chi connectivity index (χ0n) is 7.88. The Morgan fingerprint density at radius 3 is 2.33 bits per heavy atom. The van der Waals surface area contributed by atoms with Gasteiger partial charge in [-0.25, -0.2) is 9.52 Å². The second kappa shape index (κ2) is 9.07. The van der Waals surface area contributed by atoms with Crippen LogP contribution in [0.5, 0.6) is 0 Å². The molecule has 1 amide bonds. The lowest BCUT2D eigenvalue weighted by Crippen LogP contribution is -2.77. The molecule has 0 aromatic rings. The van der Waals surface area contributed by atoms with Gasteiger partial charge in [-0.2, -0.15) is 0 Å². The minimum Gasteiger partial charge on any atom is -0.230 e. The Balaban J connectivity index is 2.95. The standard InChI is InChI=1S/C9H19NOS/c1-2-3-4-5-6-7-8-9(11)10-12/h12H,2-8H2,1H3,(H,10,11)/p+1. The number of hydrogen-bond donors (Lipinski definition) is 2. The van der Waals surface area contributed by atoms with Gasteiger partial charge in [0.15, 0.2) is 0 Å². The maximum atomic E-state index is 10.8. The van der Waals surface area contributed by atoms with E-state index in [1.165, 1.54) is 36.8 Å². The van der Waals surface area contributed by atoms with Crippen LogP contribution in [0, 0.1) is 0 Å². The van der Waals surface area contributed by atoms with Gasteiger partial charge in [-0.1, -0.05) is 39.0 Å². The SMILES string of the molecule is CCCCCCCCC(=O)[NH2+]S. The lowest BCUT2D eigenvalue weighted by molar-refractivity contribution is -0.393. The Morgan fingerprint density at radius 2 is 1.75 bits per heavy atom. The van der Waals surface area contributed by atoms with Crippen molar-refractivity contribution in [2.45, 2.75) is 51.9 Å². The van der Waals surface area contributed by atoms with Gasteiger partial charge in [0.25, 0.3) is 0 Å². The van der Waals surface area contributed by atoms with Crippen molar-refractivity contribution in [2.75, 3.05) is 0 Å². The highest BCUT2D eigenvalue weighted by Gasteiger charge is 2.01. The predicted octanol–water partition coefficient (Wildman–Crippen LogP) is 1.67. The van der Waals surface area contributed by atoms with Crippen molar-refractivity contribution in [3.05, 3.63) is 0 Å². The quantitative estimate of drug-likeness (QED) is 0.465. The monoisotopic (exact) mass is 190 g/mol. The van der Waals surface area contributed by atoms with Gasteiger partial charge in [-0.3, -0.25) is 0 Å². The molecule has 0 spiro atoms. The number of unbranched alkanes of at least 4 members (excludes halogenated alkanes) is 5. The van der Waals surface area contributed by atoms with Crippen molar-refractivity contribution in [1.29, 1.82) is 0 Å². The van der Waals surface area contributed by atoms with Crippen molar-refractivity contribution in [1.82, 2.24) is 0 Å². The maximum Gasteiger partial charge on any atom is 0.321 e. The molecule has 0 fully saturated rings. The first kappa shape index (κ1) is 12.0. The van der Waals surface area contributed by atoms with E-state index in [2.05, 4.69) is 19.7 Å². The van der Waals surface area contributed by atoms with E-state index in [1.54, 1.807) is 0 Å². The zero-order chi connectivity index (χ0) is 9.23. The number of amides is 1. The third kappa shape index (κ3) is 8.08. The fourth-order valence-corrected chi connectivity index (χ4v) is 1.27. The third-order valence-corrected chi connectivity index (χ3v) is 2.21. The molecule has 0 atom stereocenters. The van der Waals surface area contributed by atoms with Crippen molar-refractivity contribution >= 4 is 18.7 Å². The smallest absolute Gasteiger partial charge is 0.230 e. The molecule has 0 bridgehead atoms. The van der Waals surface area contributed by atoms with E-state index in [9.17, 15) is 4.79 Å². The Bertz CT molecular complexity index is 117. The van der Waals surface area contributed by atoms with Crippen molar-refractivity contribution in [3.8, 4) is 0 Å². The first-order valence-electron chi connectivity index (χ1n) is 4.81. The van der Waals surface area contributed by atoms with Crippen LogP contribution in [0.1, 0.15) is 51.9 Å². The topological polar surface area (TPSA) is 33.7 Å². The highest BCUT2D eigenvalue weighted by Crippen LogP contribution is 2.05. The summed E-state index contributed by atoms with van der Waals surface area (Å²) in [4.78, 5) is 10.8. The molecule has 0 unspecified atom stereocenters. The summed E-state index contributed by atoms with van der Waals surface area (Å²) >= 11 is 3.80. The average Bonchev–Trinajstić information content (AvgIpc) is 2.10. The first-order chi connectivity index (χ1) is 5.81. The number of primary amides is 1. The number of quaternary nitrogens is 1. The molecule has 12 heavy (non-hydrogen) atoms. The van der Waals surface area contributed by atoms with Gasteiger partial charge >= 0.3 is 5.91 Å². The first-order valence-corrected chi connectivity index (χ1v) is 5.33. The van der Waals surface area contributed by atoms with Crippen LogP contribution in [-0.2, 0) is 4.79 Å². The molecular formula is C9H20NOS+. The number of rotatable bonds is 7. The molecule has 0 radical (unpaired) electrons. The number of nitrogens with two attached hydrogens (primary N) is 1. The van der Waals surface area contributed by atoms with Crippen LogP contribution in [0.3, 0.4) is 0 Å². The Kier molecular flexibility index (Phi) is 9.06. The van der Waals surface area contributed by atoms with Crippen LogP contribution in [0.15, 0.2) is 0 Å². The van der Waals surface area contributed by atoms with Crippen molar-refractivity contribution < 1.29 is 9.52 Å². The number of hydrogen-bond acceptors (Lipinski definition) is 2. The molecule has 0 saturated carbocycles. The molecule has 0 aliphatic carbocycles. The molecule has 2 nitrogen and oxygen atoms in total. The van der Waals surface area contributed by atoms with Crippen molar-refractivity contribution in [2.24, 2.45) is 0 Å². The summed E-state index contributed by atoms with van der Waals surface area (Å²) in [6, 6.07) is 0. The van der Waals surface area contributed by atoms with Gasteiger partial charge in [-0.05, 0) is 6.42 Å². The summed E-state index contributed by atoms with van der Waals surface area (Å²) in [6.07, 6.45) is 8.08. The van der Waals surface area contributed by atoms with Crippen LogP contribution in [0.2, 0.25) is 0 Å². The van der Waals surface area contributed by atoms with E-state index in [0.29, 0.717) is 6.42 Å². The molecule has 0 aromatic carbocycles. The van der Waals surface area contributed by atoms with Crippen molar-refractivity contribution in [3.63, 3.8) is 0 Å². The normalized spacial score (nSPS) is 10.2. The number of thiol groups is 1.